The maximum atomic E-state index is 8.44. The maximum absolute atomic E-state index is 8.44. The van der Waals surface area contributed by atoms with Gasteiger partial charge in [0.1, 0.15) is 0 Å². The van der Waals surface area contributed by atoms with Crippen LogP contribution in [0, 0.1) is 5.92 Å². The Morgan fingerprint density at radius 3 is 3.09 bits per heavy atom. The topological polar surface area (TPSA) is 38.7 Å². The van der Waals surface area contributed by atoms with Crippen LogP contribution in [0.15, 0.2) is 0 Å². The lowest BCUT2D eigenvalue weighted by Crippen LogP contribution is -2.22. The van der Waals surface area contributed by atoms with Gasteiger partial charge in [-0.3, -0.25) is 0 Å². The molecule has 0 aliphatic carbocycles. The first-order chi connectivity index (χ1) is 5.43. The molecule has 3 nitrogen and oxygen atoms in total. The molecule has 0 aromatic rings. The van der Waals surface area contributed by atoms with E-state index in [4.69, 9.17) is 14.6 Å². The van der Waals surface area contributed by atoms with Gasteiger partial charge in [0.05, 0.1) is 26.4 Å². The molecule has 0 radical (unpaired) electrons. The van der Waals surface area contributed by atoms with Gasteiger partial charge in [0.15, 0.2) is 0 Å². The van der Waals surface area contributed by atoms with Crippen LogP contribution in [0.2, 0.25) is 0 Å². The van der Waals surface area contributed by atoms with E-state index in [1.54, 1.807) is 0 Å². The summed E-state index contributed by atoms with van der Waals surface area (Å²) >= 11 is 0. The zero-order chi connectivity index (χ0) is 7.94. The Morgan fingerprint density at radius 2 is 2.45 bits per heavy atom. The molecule has 0 bridgehead atoms. The Bertz CT molecular complexity index is 89.3. The van der Waals surface area contributed by atoms with Crippen LogP contribution in [0.5, 0.6) is 0 Å². The van der Waals surface area contributed by atoms with E-state index in [9.17, 15) is 0 Å². The van der Waals surface area contributed by atoms with Crippen molar-refractivity contribution in [2.24, 2.45) is 5.92 Å². The first-order valence-electron chi connectivity index (χ1n) is 4.20. The quantitative estimate of drug-likeness (QED) is 0.606. The van der Waals surface area contributed by atoms with Crippen molar-refractivity contribution < 1.29 is 14.6 Å². The fourth-order valence-electron chi connectivity index (χ4n) is 1.25. The molecule has 1 fully saturated rings. The standard InChI is InChI=1S/C8H16O3/c9-3-5-11-7-8-2-1-4-10-6-8/h8-9H,1-7H2. The van der Waals surface area contributed by atoms with Crippen molar-refractivity contribution in [3.8, 4) is 0 Å². The molecule has 1 heterocycles. The van der Waals surface area contributed by atoms with Crippen molar-refractivity contribution in [3.63, 3.8) is 0 Å². The van der Waals surface area contributed by atoms with Crippen molar-refractivity contribution in [1.29, 1.82) is 0 Å². The van der Waals surface area contributed by atoms with Gasteiger partial charge in [0, 0.05) is 12.5 Å². The Hall–Kier alpha value is -0.120. The summed E-state index contributed by atoms with van der Waals surface area (Å²) in [5.41, 5.74) is 0. The van der Waals surface area contributed by atoms with Crippen molar-refractivity contribution >= 4 is 0 Å². The summed E-state index contributed by atoms with van der Waals surface area (Å²) in [4.78, 5) is 0. The average molecular weight is 160 g/mol. The van der Waals surface area contributed by atoms with Gasteiger partial charge < -0.3 is 14.6 Å². The molecule has 0 aromatic carbocycles. The van der Waals surface area contributed by atoms with Gasteiger partial charge in [-0.1, -0.05) is 0 Å². The third kappa shape index (κ3) is 3.70. The monoisotopic (exact) mass is 160 g/mol. The van der Waals surface area contributed by atoms with Crippen LogP contribution < -0.4 is 0 Å². The molecular weight excluding hydrogens is 144 g/mol. The smallest absolute Gasteiger partial charge is 0.0697 e. The Kier molecular flexibility index (Phi) is 4.50. The SMILES string of the molecule is OCCOCC1CCCOC1. The zero-order valence-corrected chi connectivity index (χ0v) is 6.79. The molecule has 1 N–H and O–H groups in total. The molecule has 66 valence electrons. The third-order valence-corrected chi connectivity index (χ3v) is 1.84. The highest BCUT2D eigenvalue weighted by Crippen LogP contribution is 2.13. The Morgan fingerprint density at radius 1 is 1.55 bits per heavy atom. The molecule has 1 aliphatic rings. The molecule has 0 amide bonds. The summed E-state index contributed by atoms with van der Waals surface area (Å²) in [6.07, 6.45) is 2.35. The molecule has 11 heavy (non-hydrogen) atoms. The fraction of sp³-hybridized carbons (Fsp3) is 1.00. The number of hydrogen-bond donors (Lipinski definition) is 1. The van der Waals surface area contributed by atoms with Gasteiger partial charge in [-0.15, -0.1) is 0 Å². The second-order valence-electron chi connectivity index (χ2n) is 2.88. The molecule has 1 atom stereocenters. The molecule has 0 saturated carbocycles. The van der Waals surface area contributed by atoms with E-state index in [0.29, 0.717) is 12.5 Å². The highest BCUT2D eigenvalue weighted by Gasteiger charge is 2.13. The lowest BCUT2D eigenvalue weighted by atomic mass is 10.0. The summed E-state index contributed by atoms with van der Waals surface area (Å²) in [5.74, 6) is 0.551. The second kappa shape index (κ2) is 5.52. The molecule has 0 spiro atoms. The van der Waals surface area contributed by atoms with Crippen molar-refractivity contribution in [2.75, 3.05) is 33.0 Å². The van der Waals surface area contributed by atoms with Gasteiger partial charge in [0.2, 0.25) is 0 Å². The first-order valence-corrected chi connectivity index (χ1v) is 4.20. The normalized spacial score (nSPS) is 25.4. The zero-order valence-electron chi connectivity index (χ0n) is 6.79. The second-order valence-corrected chi connectivity index (χ2v) is 2.88. The minimum Gasteiger partial charge on any atom is -0.394 e. The van der Waals surface area contributed by atoms with E-state index in [1.165, 1.54) is 6.42 Å². The van der Waals surface area contributed by atoms with Gasteiger partial charge in [-0.2, -0.15) is 0 Å². The summed E-state index contributed by atoms with van der Waals surface area (Å²) in [6, 6.07) is 0. The van der Waals surface area contributed by atoms with E-state index in [-0.39, 0.29) is 6.61 Å². The van der Waals surface area contributed by atoms with Crippen LogP contribution in [0.3, 0.4) is 0 Å². The minimum absolute atomic E-state index is 0.119. The first kappa shape index (κ1) is 8.97. The molecule has 3 heteroatoms. The van der Waals surface area contributed by atoms with Crippen LogP contribution in [0.4, 0.5) is 0 Å². The summed E-state index contributed by atoms with van der Waals surface area (Å²) < 4.78 is 10.5. The number of aliphatic hydroxyl groups excluding tert-OH is 1. The number of ether oxygens (including phenoxy) is 2. The lowest BCUT2D eigenvalue weighted by Gasteiger charge is -2.21. The van der Waals surface area contributed by atoms with Gasteiger partial charge in [-0.05, 0) is 12.8 Å². The van der Waals surface area contributed by atoms with E-state index in [1.807, 2.05) is 0 Å². The summed E-state index contributed by atoms with van der Waals surface area (Å²) in [6.45, 7) is 3.03. The maximum Gasteiger partial charge on any atom is 0.0697 e. The number of rotatable bonds is 4. The van der Waals surface area contributed by atoms with E-state index < -0.39 is 0 Å². The minimum atomic E-state index is 0.119. The number of aliphatic hydroxyl groups is 1. The fourth-order valence-corrected chi connectivity index (χ4v) is 1.25. The predicted octanol–water partition coefficient (Wildman–Crippen LogP) is 0.422. The summed E-state index contributed by atoms with van der Waals surface area (Å²) in [5, 5.41) is 8.44. The molecule has 1 aliphatic heterocycles. The van der Waals surface area contributed by atoms with Crippen molar-refractivity contribution in [1.82, 2.24) is 0 Å². The van der Waals surface area contributed by atoms with E-state index in [0.717, 1.165) is 26.2 Å². The highest BCUT2D eigenvalue weighted by molar-refractivity contribution is 4.61. The molecule has 1 unspecified atom stereocenters. The van der Waals surface area contributed by atoms with Crippen LogP contribution in [0.25, 0.3) is 0 Å². The van der Waals surface area contributed by atoms with Crippen LogP contribution >= 0.6 is 0 Å². The Balaban J connectivity index is 1.96. The van der Waals surface area contributed by atoms with E-state index in [2.05, 4.69) is 0 Å². The molecule has 0 aromatic heterocycles. The predicted molar refractivity (Wildman–Crippen MR) is 41.4 cm³/mol. The highest BCUT2D eigenvalue weighted by atomic mass is 16.5. The number of hydrogen-bond acceptors (Lipinski definition) is 3. The lowest BCUT2D eigenvalue weighted by molar-refractivity contribution is -0.00185. The van der Waals surface area contributed by atoms with Crippen molar-refractivity contribution in [2.45, 2.75) is 12.8 Å². The van der Waals surface area contributed by atoms with Gasteiger partial charge >= 0.3 is 0 Å². The third-order valence-electron chi connectivity index (χ3n) is 1.84. The van der Waals surface area contributed by atoms with Crippen molar-refractivity contribution in [3.05, 3.63) is 0 Å². The van der Waals surface area contributed by atoms with E-state index >= 15 is 0 Å². The summed E-state index contributed by atoms with van der Waals surface area (Å²) in [7, 11) is 0. The molecule has 1 rings (SSSR count). The Labute approximate surface area is 67.3 Å². The van der Waals surface area contributed by atoms with Gasteiger partial charge in [-0.25, -0.2) is 0 Å². The average Bonchev–Trinajstić information content (AvgIpc) is 2.07. The van der Waals surface area contributed by atoms with Crippen LogP contribution in [-0.2, 0) is 9.47 Å². The molecular formula is C8H16O3. The van der Waals surface area contributed by atoms with Gasteiger partial charge in [0.25, 0.3) is 0 Å². The van der Waals surface area contributed by atoms with Crippen LogP contribution in [0.1, 0.15) is 12.8 Å². The molecule has 1 saturated heterocycles. The van der Waals surface area contributed by atoms with Crippen LogP contribution in [-0.4, -0.2) is 38.1 Å². The largest absolute Gasteiger partial charge is 0.394 e.